The average Bonchev–Trinajstić information content (AvgIpc) is 2.73. The Morgan fingerprint density at radius 1 is 0.964 bits per heavy atom. The number of carbonyl (C=O) groups excluding carboxylic acids is 1. The van der Waals surface area contributed by atoms with Crippen molar-refractivity contribution in [3.63, 3.8) is 0 Å². The van der Waals surface area contributed by atoms with E-state index in [4.69, 9.17) is 11.6 Å². The highest BCUT2D eigenvalue weighted by atomic mass is 35.5. The Kier molecular flexibility index (Phi) is 6.83. The molecular weight excluding hydrogens is 368 g/mol. The van der Waals surface area contributed by atoms with Crippen molar-refractivity contribution >= 4 is 23.1 Å². The normalized spacial score (nSPS) is 10.7. The Labute approximate surface area is 172 Å². The molecule has 3 aromatic rings. The molecule has 0 aliphatic heterocycles. The summed E-state index contributed by atoms with van der Waals surface area (Å²) in [6.45, 7) is 3.22. The number of halogens is 1. The molecule has 0 amide bonds. The summed E-state index contributed by atoms with van der Waals surface area (Å²) in [6.07, 6.45) is 3.97. The molecule has 1 heterocycles. The minimum Gasteiger partial charge on any atom is -0.375 e. The third-order valence-corrected chi connectivity index (χ3v) is 5.06. The monoisotopic (exact) mass is 392 g/mol. The van der Waals surface area contributed by atoms with Gasteiger partial charge in [0.25, 0.3) is 0 Å². The van der Waals surface area contributed by atoms with Gasteiger partial charge in [0, 0.05) is 37.5 Å². The number of anilines is 1. The minimum absolute atomic E-state index is 0.137. The molecule has 3 rings (SSSR count). The van der Waals surface area contributed by atoms with E-state index in [1.54, 1.807) is 12.3 Å². The van der Waals surface area contributed by atoms with Gasteiger partial charge in [-0.1, -0.05) is 61.0 Å². The fourth-order valence-electron chi connectivity index (χ4n) is 3.18. The van der Waals surface area contributed by atoms with Crippen LogP contribution in [0.15, 0.2) is 66.9 Å². The summed E-state index contributed by atoms with van der Waals surface area (Å²) in [5.74, 6) is 0.137. The number of pyridine rings is 1. The molecule has 0 aliphatic rings. The fraction of sp³-hybridized carbons (Fsp3) is 0.250. The first kappa shape index (κ1) is 20.1. The van der Waals surface area contributed by atoms with E-state index in [1.165, 1.54) is 5.69 Å². The first-order valence-electron chi connectivity index (χ1n) is 9.62. The van der Waals surface area contributed by atoms with Crippen LogP contribution in [0.5, 0.6) is 0 Å². The molecule has 0 unspecified atom stereocenters. The van der Waals surface area contributed by atoms with Gasteiger partial charge in [-0.2, -0.15) is 0 Å². The van der Waals surface area contributed by atoms with Crippen molar-refractivity contribution in [3.05, 3.63) is 83.1 Å². The number of aromatic nitrogens is 1. The maximum atomic E-state index is 12.5. The van der Waals surface area contributed by atoms with Crippen LogP contribution in [0, 0.1) is 0 Å². The van der Waals surface area contributed by atoms with E-state index in [9.17, 15) is 4.79 Å². The van der Waals surface area contributed by atoms with E-state index in [-0.39, 0.29) is 5.78 Å². The van der Waals surface area contributed by atoms with Crippen LogP contribution in [0.1, 0.15) is 35.7 Å². The zero-order valence-electron chi connectivity index (χ0n) is 16.4. The van der Waals surface area contributed by atoms with Crippen LogP contribution in [0.25, 0.3) is 11.1 Å². The van der Waals surface area contributed by atoms with Crippen molar-refractivity contribution in [1.82, 2.24) is 4.98 Å². The summed E-state index contributed by atoms with van der Waals surface area (Å²) in [5, 5.41) is 0.468. The lowest BCUT2D eigenvalue weighted by atomic mass is 9.99. The van der Waals surface area contributed by atoms with E-state index in [2.05, 4.69) is 48.1 Å². The Morgan fingerprint density at radius 2 is 1.61 bits per heavy atom. The van der Waals surface area contributed by atoms with E-state index in [1.807, 2.05) is 30.3 Å². The molecule has 1 aromatic heterocycles. The molecule has 0 atom stereocenters. The van der Waals surface area contributed by atoms with Gasteiger partial charge in [-0.15, -0.1) is 0 Å². The van der Waals surface area contributed by atoms with Crippen molar-refractivity contribution < 1.29 is 4.79 Å². The Morgan fingerprint density at radius 3 is 2.18 bits per heavy atom. The van der Waals surface area contributed by atoms with E-state index >= 15 is 0 Å². The zero-order chi connectivity index (χ0) is 19.9. The van der Waals surface area contributed by atoms with E-state index < -0.39 is 0 Å². The molecule has 0 spiro atoms. The van der Waals surface area contributed by atoms with Crippen molar-refractivity contribution in [2.24, 2.45) is 0 Å². The molecular formula is C24H25ClN2O. The van der Waals surface area contributed by atoms with Gasteiger partial charge in [0.2, 0.25) is 0 Å². The molecule has 0 N–H and O–H groups in total. The average molecular weight is 393 g/mol. The predicted molar refractivity (Wildman–Crippen MR) is 117 cm³/mol. The summed E-state index contributed by atoms with van der Waals surface area (Å²) >= 11 is 5.79. The van der Waals surface area contributed by atoms with Crippen molar-refractivity contribution in [3.8, 4) is 11.1 Å². The Hall–Kier alpha value is -2.65. The summed E-state index contributed by atoms with van der Waals surface area (Å²) in [7, 11) is 2.11. The number of aryl methyl sites for hydroxylation is 1. The molecule has 0 radical (unpaired) electrons. The molecule has 28 heavy (non-hydrogen) atoms. The number of hydrogen-bond donors (Lipinski definition) is 0. The molecule has 0 bridgehead atoms. The molecule has 3 nitrogen and oxygen atoms in total. The number of hydrogen-bond acceptors (Lipinski definition) is 3. The third-order valence-electron chi connectivity index (χ3n) is 4.84. The highest BCUT2D eigenvalue weighted by Crippen LogP contribution is 2.24. The van der Waals surface area contributed by atoms with E-state index in [0.29, 0.717) is 18.0 Å². The quantitative estimate of drug-likeness (QED) is 0.345. The molecule has 4 heteroatoms. The summed E-state index contributed by atoms with van der Waals surface area (Å²) in [4.78, 5) is 18.8. The standard InChI is InChI=1S/C24H25ClN2O/c1-3-16-27(2)22-12-10-20(11-13-22)19-6-8-21(9-7-19)23(28)14-4-18-5-15-24(25)26-17-18/h5-13,15,17H,3-4,14,16H2,1-2H3. The van der Waals surface area contributed by atoms with Gasteiger partial charge in [-0.3, -0.25) is 4.79 Å². The minimum atomic E-state index is 0.137. The van der Waals surface area contributed by atoms with Crippen molar-refractivity contribution in [1.29, 1.82) is 0 Å². The van der Waals surface area contributed by atoms with Crippen LogP contribution in [0.4, 0.5) is 5.69 Å². The number of benzene rings is 2. The topological polar surface area (TPSA) is 33.2 Å². The molecule has 0 fully saturated rings. The van der Waals surface area contributed by atoms with Crippen LogP contribution in [-0.4, -0.2) is 24.4 Å². The third kappa shape index (κ3) is 5.20. The lowest BCUT2D eigenvalue weighted by Gasteiger charge is -2.18. The largest absolute Gasteiger partial charge is 0.375 e. The fourth-order valence-corrected chi connectivity index (χ4v) is 3.29. The van der Waals surface area contributed by atoms with Gasteiger partial charge >= 0.3 is 0 Å². The maximum Gasteiger partial charge on any atom is 0.163 e. The first-order chi connectivity index (χ1) is 13.6. The number of ketones is 1. The lowest BCUT2D eigenvalue weighted by Crippen LogP contribution is -2.17. The van der Waals surface area contributed by atoms with E-state index in [0.717, 1.165) is 35.2 Å². The Balaban J connectivity index is 1.62. The molecule has 0 saturated heterocycles. The highest BCUT2D eigenvalue weighted by molar-refractivity contribution is 6.29. The van der Waals surface area contributed by atoms with Gasteiger partial charge in [0.15, 0.2) is 5.78 Å². The van der Waals surface area contributed by atoms with Gasteiger partial charge in [0.05, 0.1) is 0 Å². The number of carbonyl (C=O) groups is 1. The summed E-state index contributed by atoms with van der Waals surface area (Å²) in [5.41, 5.74) is 5.24. The Bertz CT molecular complexity index is 903. The van der Waals surface area contributed by atoms with Crippen molar-refractivity contribution in [2.45, 2.75) is 26.2 Å². The zero-order valence-corrected chi connectivity index (χ0v) is 17.1. The number of nitrogens with zero attached hydrogens (tertiary/aromatic N) is 2. The SMILES string of the molecule is CCCN(C)c1ccc(-c2ccc(C(=O)CCc3ccc(Cl)nc3)cc2)cc1. The second kappa shape index (κ2) is 9.52. The van der Waals surface area contributed by atoms with Crippen LogP contribution in [-0.2, 0) is 6.42 Å². The first-order valence-corrected chi connectivity index (χ1v) is 10.00. The summed E-state index contributed by atoms with van der Waals surface area (Å²) < 4.78 is 0. The van der Waals surface area contributed by atoms with Crippen LogP contribution < -0.4 is 4.90 Å². The number of Topliss-reactive ketones (excluding diaryl/α,β-unsaturated/α-hetero) is 1. The van der Waals surface area contributed by atoms with Crippen molar-refractivity contribution in [2.75, 3.05) is 18.5 Å². The summed E-state index contributed by atoms with van der Waals surface area (Å²) in [6, 6.07) is 20.1. The lowest BCUT2D eigenvalue weighted by molar-refractivity contribution is 0.0983. The second-order valence-electron chi connectivity index (χ2n) is 6.96. The van der Waals surface area contributed by atoms with Gasteiger partial charge < -0.3 is 4.90 Å². The van der Waals surface area contributed by atoms with Crippen LogP contribution in [0.3, 0.4) is 0 Å². The van der Waals surface area contributed by atoms with Gasteiger partial charge in [-0.05, 0) is 47.7 Å². The number of rotatable bonds is 8. The van der Waals surface area contributed by atoms with Crippen LogP contribution in [0.2, 0.25) is 5.15 Å². The highest BCUT2D eigenvalue weighted by Gasteiger charge is 2.08. The molecule has 0 aliphatic carbocycles. The predicted octanol–water partition coefficient (Wildman–Crippen LogP) is 6.06. The second-order valence-corrected chi connectivity index (χ2v) is 7.35. The smallest absolute Gasteiger partial charge is 0.163 e. The van der Waals surface area contributed by atoms with Gasteiger partial charge in [0.1, 0.15) is 5.15 Å². The van der Waals surface area contributed by atoms with Crippen LogP contribution >= 0.6 is 11.6 Å². The molecule has 2 aromatic carbocycles. The molecule has 144 valence electrons. The van der Waals surface area contributed by atoms with Gasteiger partial charge in [-0.25, -0.2) is 4.98 Å². The maximum absolute atomic E-state index is 12.5. The molecule has 0 saturated carbocycles.